The van der Waals surface area contributed by atoms with E-state index in [1.807, 2.05) is 12.1 Å². The average molecular weight is 535 g/mol. The van der Waals surface area contributed by atoms with Gasteiger partial charge in [0.2, 0.25) is 0 Å². The number of aliphatic hydroxyl groups excluding tert-OH is 1. The first kappa shape index (κ1) is 26.6. The molecule has 30 heavy (non-hydrogen) atoms. The molecular weight excluding hydrogens is 497 g/mol. The van der Waals surface area contributed by atoms with E-state index in [9.17, 15) is 5.11 Å². The van der Waals surface area contributed by atoms with E-state index in [1.165, 1.54) is 19.3 Å². The third kappa shape index (κ3) is 7.37. The molecule has 0 unspecified atom stereocenters. The summed E-state index contributed by atoms with van der Waals surface area (Å²) in [6.07, 6.45) is 6.89. The van der Waals surface area contributed by atoms with E-state index in [2.05, 4.69) is 17.6 Å². The van der Waals surface area contributed by atoms with Gasteiger partial charge in [-0.15, -0.1) is 24.0 Å². The van der Waals surface area contributed by atoms with Crippen molar-refractivity contribution in [3.8, 4) is 17.2 Å². The van der Waals surface area contributed by atoms with Crippen LogP contribution in [0.25, 0.3) is 0 Å². The summed E-state index contributed by atoms with van der Waals surface area (Å²) in [5.41, 5.74) is 1.02. The molecule has 172 valence electrons. The monoisotopic (exact) mass is 535 g/mol. The van der Waals surface area contributed by atoms with Gasteiger partial charge in [-0.3, -0.25) is 0 Å². The number of guanidine groups is 1. The Morgan fingerprint density at radius 2 is 1.67 bits per heavy atom. The van der Waals surface area contributed by atoms with Crippen molar-refractivity contribution in [2.24, 2.45) is 10.4 Å². The number of nitrogens with zero attached hydrogens (tertiary/aromatic N) is 1. The summed E-state index contributed by atoms with van der Waals surface area (Å²) < 4.78 is 16.4. The van der Waals surface area contributed by atoms with E-state index in [1.54, 1.807) is 21.3 Å². The molecule has 3 N–H and O–H groups in total. The number of hydrogen-bond acceptors (Lipinski definition) is 5. The van der Waals surface area contributed by atoms with E-state index < -0.39 is 0 Å². The summed E-state index contributed by atoms with van der Waals surface area (Å²) >= 11 is 0. The standard InChI is InChI=1S/C22H37N3O4.HI/c1-5-23-21(25-16-22(11-12-26)9-7-6-8-10-22)24-15-18-19(28-3)13-17(27-2)14-20(18)29-4;/h13-14,26H,5-12,15-16H2,1-4H3,(H2,23,24,25);1H. The summed E-state index contributed by atoms with van der Waals surface area (Å²) in [5.74, 6) is 2.81. The molecule has 1 aliphatic rings. The van der Waals surface area contributed by atoms with Gasteiger partial charge in [-0.2, -0.15) is 0 Å². The quantitative estimate of drug-likeness (QED) is 0.241. The SMILES string of the molecule is CCNC(=NCc1c(OC)cc(OC)cc1OC)NCC1(CCO)CCCCC1.I. The van der Waals surface area contributed by atoms with Crippen LogP contribution in [-0.2, 0) is 6.54 Å². The van der Waals surface area contributed by atoms with Crippen molar-refractivity contribution in [2.45, 2.75) is 52.0 Å². The van der Waals surface area contributed by atoms with Crippen LogP contribution in [-0.4, -0.2) is 52.1 Å². The predicted octanol–water partition coefficient (Wildman–Crippen LogP) is 3.72. The van der Waals surface area contributed by atoms with Crippen molar-refractivity contribution >= 4 is 29.9 Å². The molecule has 1 aromatic rings. The minimum Gasteiger partial charge on any atom is -0.496 e. The van der Waals surface area contributed by atoms with Crippen LogP contribution in [0.2, 0.25) is 0 Å². The minimum absolute atomic E-state index is 0. The molecule has 1 aliphatic carbocycles. The summed E-state index contributed by atoms with van der Waals surface area (Å²) in [7, 11) is 4.88. The second-order valence-electron chi connectivity index (χ2n) is 7.59. The van der Waals surface area contributed by atoms with Crippen LogP contribution in [0.1, 0.15) is 51.0 Å². The molecule has 0 radical (unpaired) electrons. The molecule has 0 heterocycles. The van der Waals surface area contributed by atoms with E-state index in [0.29, 0.717) is 23.8 Å². The zero-order chi connectivity index (χ0) is 21.1. The topological polar surface area (TPSA) is 84.3 Å². The van der Waals surface area contributed by atoms with Gasteiger partial charge in [-0.05, 0) is 31.6 Å². The molecule has 1 fully saturated rings. The lowest BCUT2D eigenvalue weighted by Gasteiger charge is -2.37. The van der Waals surface area contributed by atoms with Crippen LogP contribution in [0.4, 0.5) is 0 Å². The van der Waals surface area contributed by atoms with E-state index in [-0.39, 0.29) is 36.0 Å². The van der Waals surface area contributed by atoms with Gasteiger partial charge < -0.3 is 30.0 Å². The van der Waals surface area contributed by atoms with Gasteiger partial charge in [0.05, 0.1) is 33.4 Å². The third-order valence-electron chi connectivity index (χ3n) is 5.74. The number of aliphatic imine (C=N–C) groups is 1. The van der Waals surface area contributed by atoms with Crippen LogP contribution in [0.3, 0.4) is 0 Å². The van der Waals surface area contributed by atoms with E-state index in [0.717, 1.165) is 43.9 Å². The lowest BCUT2D eigenvalue weighted by molar-refractivity contribution is 0.131. The number of methoxy groups -OCH3 is 3. The molecule has 0 aliphatic heterocycles. The number of halogens is 1. The highest BCUT2D eigenvalue weighted by Gasteiger charge is 2.31. The summed E-state index contributed by atoms with van der Waals surface area (Å²) in [4.78, 5) is 4.76. The summed E-state index contributed by atoms with van der Waals surface area (Å²) in [6, 6.07) is 3.68. The lowest BCUT2D eigenvalue weighted by atomic mass is 9.72. The van der Waals surface area contributed by atoms with Gasteiger partial charge in [0.15, 0.2) is 5.96 Å². The smallest absolute Gasteiger partial charge is 0.191 e. The minimum atomic E-state index is 0. The first-order chi connectivity index (χ1) is 14.1. The zero-order valence-electron chi connectivity index (χ0n) is 18.8. The molecular formula is C22H38IN3O4. The molecule has 7 nitrogen and oxygen atoms in total. The first-order valence-corrected chi connectivity index (χ1v) is 10.5. The van der Waals surface area contributed by atoms with Crippen LogP contribution in [0.15, 0.2) is 17.1 Å². The average Bonchev–Trinajstić information content (AvgIpc) is 2.76. The highest BCUT2D eigenvalue weighted by Crippen LogP contribution is 2.38. The number of nitrogens with one attached hydrogen (secondary N) is 2. The Kier molecular flexibility index (Phi) is 12.2. The number of hydrogen-bond donors (Lipinski definition) is 3. The van der Waals surface area contributed by atoms with Crippen LogP contribution < -0.4 is 24.8 Å². The van der Waals surface area contributed by atoms with E-state index >= 15 is 0 Å². The fraction of sp³-hybridized carbons (Fsp3) is 0.682. The predicted molar refractivity (Wildman–Crippen MR) is 132 cm³/mol. The third-order valence-corrected chi connectivity index (χ3v) is 5.74. The van der Waals surface area contributed by atoms with Crippen LogP contribution in [0, 0.1) is 5.41 Å². The molecule has 0 spiro atoms. The summed E-state index contributed by atoms with van der Waals surface area (Å²) in [5, 5.41) is 16.4. The highest BCUT2D eigenvalue weighted by atomic mass is 127. The molecule has 0 saturated heterocycles. The molecule has 8 heteroatoms. The molecule has 2 rings (SSSR count). The Balaban J connectivity index is 0.00000450. The molecule has 0 aromatic heterocycles. The maximum Gasteiger partial charge on any atom is 0.191 e. The van der Waals surface area contributed by atoms with Crippen molar-refractivity contribution < 1.29 is 19.3 Å². The van der Waals surface area contributed by atoms with Gasteiger partial charge in [0.1, 0.15) is 17.2 Å². The van der Waals surface area contributed by atoms with Crippen molar-refractivity contribution in [3.05, 3.63) is 17.7 Å². The zero-order valence-corrected chi connectivity index (χ0v) is 21.1. The second-order valence-corrected chi connectivity index (χ2v) is 7.59. The van der Waals surface area contributed by atoms with Gasteiger partial charge in [0, 0.05) is 31.8 Å². The van der Waals surface area contributed by atoms with Crippen LogP contribution >= 0.6 is 24.0 Å². The molecule has 0 bridgehead atoms. The Hall–Kier alpha value is -1.42. The maximum absolute atomic E-state index is 9.55. The number of aliphatic hydroxyl groups is 1. The fourth-order valence-electron chi connectivity index (χ4n) is 4.06. The largest absolute Gasteiger partial charge is 0.496 e. The summed E-state index contributed by atoms with van der Waals surface area (Å²) in [6.45, 7) is 4.29. The highest BCUT2D eigenvalue weighted by molar-refractivity contribution is 14.0. The van der Waals surface area contributed by atoms with Crippen molar-refractivity contribution in [2.75, 3.05) is 41.0 Å². The van der Waals surface area contributed by atoms with Crippen molar-refractivity contribution in [1.82, 2.24) is 10.6 Å². The Morgan fingerprint density at radius 3 is 2.17 bits per heavy atom. The van der Waals surface area contributed by atoms with E-state index in [4.69, 9.17) is 19.2 Å². The number of ether oxygens (including phenoxy) is 3. The van der Waals surface area contributed by atoms with Gasteiger partial charge in [-0.1, -0.05) is 19.3 Å². The number of benzene rings is 1. The fourth-order valence-corrected chi connectivity index (χ4v) is 4.06. The lowest BCUT2D eigenvalue weighted by Crippen LogP contribution is -2.45. The number of rotatable bonds is 10. The first-order valence-electron chi connectivity index (χ1n) is 10.5. The Bertz CT molecular complexity index is 633. The van der Waals surface area contributed by atoms with Crippen molar-refractivity contribution in [1.29, 1.82) is 0 Å². The Morgan fingerprint density at radius 1 is 1.03 bits per heavy atom. The van der Waals surface area contributed by atoms with Crippen molar-refractivity contribution in [3.63, 3.8) is 0 Å². The second kappa shape index (κ2) is 13.8. The molecule has 1 aromatic carbocycles. The van der Waals surface area contributed by atoms with Gasteiger partial charge >= 0.3 is 0 Å². The molecule has 1 saturated carbocycles. The molecule has 0 atom stereocenters. The van der Waals surface area contributed by atoms with Gasteiger partial charge in [0.25, 0.3) is 0 Å². The Labute approximate surface area is 198 Å². The maximum atomic E-state index is 9.55. The van der Waals surface area contributed by atoms with Gasteiger partial charge in [-0.25, -0.2) is 4.99 Å². The normalized spacial score (nSPS) is 15.7. The molecule has 0 amide bonds. The van der Waals surface area contributed by atoms with Crippen LogP contribution in [0.5, 0.6) is 17.2 Å².